The van der Waals surface area contributed by atoms with Gasteiger partial charge in [-0.2, -0.15) is 0 Å². The van der Waals surface area contributed by atoms with E-state index in [2.05, 4.69) is 19.2 Å². The molecule has 2 fully saturated rings. The zero-order valence-corrected chi connectivity index (χ0v) is 11.7. The zero-order chi connectivity index (χ0) is 13.0. The molecule has 0 aromatic carbocycles. The Balaban J connectivity index is 1.79. The number of carbonyl (C=O) groups is 1. The fourth-order valence-corrected chi connectivity index (χ4v) is 2.95. The second-order valence-electron chi connectivity index (χ2n) is 6.16. The Bertz CT molecular complexity index is 286. The van der Waals surface area contributed by atoms with Crippen LogP contribution in [0.25, 0.3) is 0 Å². The van der Waals surface area contributed by atoms with Gasteiger partial charge in [-0.15, -0.1) is 0 Å². The van der Waals surface area contributed by atoms with Gasteiger partial charge in [-0.05, 0) is 52.1 Å². The summed E-state index contributed by atoms with van der Waals surface area (Å²) in [6.45, 7) is 8.48. The summed E-state index contributed by atoms with van der Waals surface area (Å²) in [5.74, 6) is 0.987. The second kappa shape index (κ2) is 6.02. The summed E-state index contributed by atoms with van der Waals surface area (Å²) in [5, 5.41) is 3.41. The number of carbonyl (C=O) groups excluding carboxylic acids is 1. The predicted molar refractivity (Wildman–Crippen MR) is 71.4 cm³/mol. The zero-order valence-electron chi connectivity index (χ0n) is 11.7. The lowest BCUT2D eigenvalue weighted by atomic mass is 9.93. The fourth-order valence-electron chi connectivity index (χ4n) is 2.95. The molecule has 0 spiro atoms. The molecule has 4 heteroatoms. The minimum absolute atomic E-state index is 0.139. The van der Waals surface area contributed by atoms with Gasteiger partial charge in [0.15, 0.2) is 0 Å². The van der Waals surface area contributed by atoms with Gasteiger partial charge in [0.05, 0.1) is 18.8 Å². The molecule has 0 bridgehead atoms. The fraction of sp³-hybridized carbons (Fsp3) is 0.929. The number of hydrogen-bond acceptors (Lipinski definition) is 3. The predicted octanol–water partition coefficient (Wildman–Crippen LogP) is 1.40. The van der Waals surface area contributed by atoms with Crippen molar-refractivity contribution >= 4 is 5.91 Å². The molecular weight excluding hydrogens is 228 g/mol. The van der Waals surface area contributed by atoms with Crippen LogP contribution in [0.4, 0.5) is 0 Å². The molecule has 2 saturated heterocycles. The average Bonchev–Trinajstić information content (AvgIpc) is 2.37. The molecule has 2 rings (SSSR count). The maximum Gasteiger partial charge on any atom is 0.223 e. The number of amides is 1. The van der Waals surface area contributed by atoms with Crippen molar-refractivity contribution in [3.63, 3.8) is 0 Å². The summed E-state index contributed by atoms with van der Waals surface area (Å²) in [4.78, 5) is 14.3. The average molecular weight is 254 g/mol. The first-order valence-corrected chi connectivity index (χ1v) is 7.18. The first kappa shape index (κ1) is 13.8. The molecule has 0 saturated carbocycles. The lowest BCUT2D eigenvalue weighted by Gasteiger charge is -2.42. The molecule has 2 heterocycles. The van der Waals surface area contributed by atoms with E-state index < -0.39 is 0 Å². The molecule has 1 atom stereocenters. The Labute approximate surface area is 110 Å². The lowest BCUT2D eigenvalue weighted by Crippen LogP contribution is -2.55. The van der Waals surface area contributed by atoms with E-state index in [4.69, 9.17) is 4.74 Å². The summed E-state index contributed by atoms with van der Waals surface area (Å²) in [6.07, 6.45) is 4.24. The molecule has 1 amide bonds. The molecule has 1 N–H and O–H groups in total. The van der Waals surface area contributed by atoms with Crippen LogP contribution in [0.15, 0.2) is 0 Å². The third-order valence-electron chi connectivity index (χ3n) is 4.11. The van der Waals surface area contributed by atoms with Crippen molar-refractivity contribution in [2.75, 3.05) is 32.8 Å². The van der Waals surface area contributed by atoms with Crippen molar-refractivity contribution in [3.05, 3.63) is 0 Å². The van der Waals surface area contributed by atoms with Crippen molar-refractivity contribution in [1.29, 1.82) is 0 Å². The molecule has 104 valence electrons. The summed E-state index contributed by atoms with van der Waals surface area (Å²) < 4.78 is 5.46. The third-order valence-corrected chi connectivity index (χ3v) is 4.11. The first-order valence-electron chi connectivity index (χ1n) is 7.18. The molecule has 1 unspecified atom stereocenters. The minimum atomic E-state index is -0.139. The number of nitrogens with zero attached hydrogens (tertiary/aromatic N) is 1. The smallest absolute Gasteiger partial charge is 0.223 e. The van der Waals surface area contributed by atoms with Crippen molar-refractivity contribution < 1.29 is 9.53 Å². The van der Waals surface area contributed by atoms with Gasteiger partial charge in [0, 0.05) is 13.0 Å². The Morgan fingerprint density at radius 3 is 3.00 bits per heavy atom. The van der Waals surface area contributed by atoms with Crippen LogP contribution in [0.2, 0.25) is 0 Å². The molecule has 0 aromatic heterocycles. The van der Waals surface area contributed by atoms with Gasteiger partial charge < -0.3 is 15.0 Å². The van der Waals surface area contributed by atoms with E-state index in [9.17, 15) is 4.79 Å². The molecule has 0 aromatic rings. The Kier molecular flexibility index (Phi) is 4.62. The van der Waals surface area contributed by atoms with Crippen LogP contribution in [0.5, 0.6) is 0 Å². The third kappa shape index (κ3) is 3.45. The van der Waals surface area contributed by atoms with Gasteiger partial charge in [0.2, 0.25) is 5.91 Å². The monoisotopic (exact) mass is 254 g/mol. The van der Waals surface area contributed by atoms with Gasteiger partial charge >= 0.3 is 0 Å². The SMILES string of the molecule is CC1(C)COCCN1C(=O)CCC1CCCNC1. The van der Waals surface area contributed by atoms with E-state index in [1.54, 1.807) is 0 Å². The van der Waals surface area contributed by atoms with Crippen LogP contribution in [0.1, 0.15) is 39.5 Å². The van der Waals surface area contributed by atoms with E-state index >= 15 is 0 Å². The number of ether oxygens (including phenoxy) is 1. The van der Waals surface area contributed by atoms with Crippen LogP contribution in [0, 0.1) is 5.92 Å². The summed E-state index contributed by atoms with van der Waals surface area (Å²) in [7, 11) is 0. The highest BCUT2D eigenvalue weighted by atomic mass is 16.5. The Hall–Kier alpha value is -0.610. The number of nitrogens with one attached hydrogen (secondary N) is 1. The largest absolute Gasteiger partial charge is 0.377 e. The highest BCUT2D eigenvalue weighted by molar-refractivity contribution is 5.77. The number of rotatable bonds is 3. The second-order valence-corrected chi connectivity index (χ2v) is 6.16. The van der Waals surface area contributed by atoms with Gasteiger partial charge in [-0.3, -0.25) is 4.79 Å². The Morgan fingerprint density at radius 2 is 2.33 bits per heavy atom. The van der Waals surface area contributed by atoms with Crippen LogP contribution in [0.3, 0.4) is 0 Å². The van der Waals surface area contributed by atoms with E-state index in [1.807, 2.05) is 4.90 Å². The maximum atomic E-state index is 12.3. The van der Waals surface area contributed by atoms with Gasteiger partial charge in [-0.25, -0.2) is 0 Å². The number of hydrogen-bond donors (Lipinski definition) is 1. The highest BCUT2D eigenvalue weighted by Gasteiger charge is 2.33. The van der Waals surface area contributed by atoms with E-state index in [0.717, 1.165) is 26.1 Å². The standard InChI is InChI=1S/C14H26N2O2/c1-14(2)11-18-9-8-16(14)13(17)6-5-12-4-3-7-15-10-12/h12,15H,3-11H2,1-2H3. The number of morpholine rings is 1. The normalized spacial score (nSPS) is 28.1. The topological polar surface area (TPSA) is 41.6 Å². The molecule has 0 radical (unpaired) electrons. The minimum Gasteiger partial charge on any atom is -0.377 e. The van der Waals surface area contributed by atoms with Crippen molar-refractivity contribution in [1.82, 2.24) is 10.2 Å². The quantitative estimate of drug-likeness (QED) is 0.828. The van der Waals surface area contributed by atoms with Crippen LogP contribution < -0.4 is 5.32 Å². The van der Waals surface area contributed by atoms with E-state index in [1.165, 1.54) is 12.8 Å². The van der Waals surface area contributed by atoms with Gasteiger partial charge in [0.25, 0.3) is 0 Å². The Morgan fingerprint density at radius 1 is 1.50 bits per heavy atom. The van der Waals surface area contributed by atoms with Crippen LogP contribution >= 0.6 is 0 Å². The first-order chi connectivity index (χ1) is 8.59. The van der Waals surface area contributed by atoms with Crippen molar-refractivity contribution in [2.45, 2.75) is 45.1 Å². The van der Waals surface area contributed by atoms with E-state index in [0.29, 0.717) is 31.5 Å². The number of piperidine rings is 1. The summed E-state index contributed by atoms with van der Waals surface area (Å²) >= 11 is 0. The molecule has 2 aliphatic heterocycles. The van der Waals surface area contributed by atoms with Gasteiger partial charge in [0.1, 0.15) is 0 Å². The van der Waals surface area contributed by atoms with Crippen molar-refractivity contribution in [2.24, 2.45) is 5.92 Å². The van der Waals surface area contributed by atoms with Crippen molar-refractivity contribution in [3.8, 4) is 0 Å². The molecule has 0 aliphatic carbocycles. The molecule has 4 nitrogen and oxygen atoms in total. The highest BCUT2D eigenvalue weighted by Crippen LogP contribution is 2.22. The summed E-state index contributed by atoms with van der Waals surface area (Å²) in [6, 6.07) is 0. The maximum absolute atomic E-state index is 12.3. The molecular formula is C14H26N2O2. The molecule has 18 heavy (non-hydrogen) atoms. The summed E-state index contributed by atoms with van der Waals surface area (Å²) in [5.41, 5.74) is -0.139. The van der Waals surface area contributed by atoms with Gasteiger partial charge in [-0.1, -0.05) is 0 Å². The van der Waals surface area contributed by atoms with E-state index in [-0.39, 0.29) is 5.54 Å². The van der Waals surface area contributed by atoms with Crippen LogP contribution in [-0.2, 0) is 9.53 Å². The lowest BCUT2D eigenvalue weighted by molar-refractivity contribution is -0.146. The molecule has 2 aliphatic rings. The van der Waals surface area contributed by atoms with Crippen LogP contribution in [-0.4, -0.2) is 49.2 Å².